The smallest absolute Gasteiger partial charge is 0.408 e. The number of carbonyl (C=O) groups is 2. The van der Waals surface area contributed by atoms with Gasteiger partial charge in [-0.15, -0.1) is 0 Å². The Kier molecular flexibility index (Phi) is 7.06. The van der Waals surface area contributed by atoms with E-state index in [1.54, 1.807) is 39.8 Å². The number of hydrogen-bond donors (Lipinski definition) is 1. The third-order valence-electron chi connectivity index (χ3n) is 4.15. The molecule has 0 saturated heterocycles. The molecule has 0 aliphatic heterocycles. The molecular formula is C22H29NO6. The van der Waals surface area contributed by atoms with Gasteiger partial charge in [0.05, 0.1) is 5.39 Å². The highest BCUT2D eigenvalue weighted by Gasteiger charge is 2.25. The van der Waals surface area contributed by atoms with Gasteiger partial charge in [0.1, 0.15) is 23.0 Å². The van der Waals surface area contributed by atoms with Crippen molar-refractivity contribution >= 4 is 23.0 Å². The highest BCUT2D eigenvalue weighted by molar-refractivity contribution is 5.91. The molecule has 0 radical (unpaired) electrons. The van der Waals surface area contributed by atoms with Crippen LogP contribution in [0.2, 0.25) is 0 Å². The average molecular weight is 403 g/mol. The lowest BCUT2D eigenvalue weighted by Crippen LogP contribution is -2.44. The van der Waals surface area contributed by atoms with E-state index in [1.165, 1.54) is 6.07 Å². The Labute approximate surface area is 170 Å². The van der Waals surface area contributed by atoms with Crippen molar-refractivity contribution in [1.82, 2.24) is 5.32 Å². The molecule has 1 aromatic carbocycles. The van der Waals surface area contributed by atoms with Crippen molar-refractivity contribution in [3.05, 3.63) is 39.7 Å². The molecule has 7 nitrogen and oxygen atoms in total. The van der Waals surface area contributed by atoms with Gasteiger partial charge in [0.2, 0.25) is 0 Å². The molecule has 1 unspecified atom stereocenters. The molecule has 0 saturated carbocycles. The quantitative estimate of drug-likeness (QED) is 0.440. The molecule has 1 N–H and O–H groups in total. The van der Waals surface area contributed by atoms with Crippen molar-refractivity contribution in [3.63, 3.8) is 0 Å². The van der Waals surface area contributed by atoms with Gasteiger partial charge in [-0.25, -0.2) is 14.4 Å². The van der Waals surface area contributed by atoms with Crippen LogP contribution in [0.4, 0.5) is 4.79 Å². The van der Waals surface area contributed by atoms with Crippen molar-refractivity contribution in [3.8, 4) is 5.75 Å². The molecule has 1 amide bonds. The predicted molar refractivity (Wildman–Crippen MR) is 110 cm³/mol. The standard InChI is InChI=1S/C22H29NO6/c1-7-9-14-12-18(24)27-16-10-13(3)11-17(19(14)16)28-20(25)15(8-2)23-21(26)29-22(4,5)6/h10-12,15H,7-9H2,1-6H3,(H,23,26). The molecule has 158 valence electrons. The first kappa shape index (κ1) is 22.5. The number of amides is 1. The SMILES string of the molecule is CCCc1cc(=O)oc2cc(C)cc(OC(=O)C(CC)NC(=O)OC(C)(C)C)c12. The summed E-state index contributed by atoms with van der Waals surface area (Å²) >= 11 is 0. The van der Waals surface area contributed by atoms with Crippen LogP contribution in [0.5, 0.6) is 5.75 Å². The lowest BCUT2D eigenvalue weighted by molar-refractivity contribution is -0.136. The van der Waals surface area contributed by atoms with E-state index in [9.17, 15) is 14.4 Å². The third kappa shape index (κ3) is 6.07. The van der Waals surface area contributed by atoms with Crippen LogP contribution in [-0.2, 0) is 16.0 Å². The summed E-state index contributed by atoms with van der Waals surface area (Å²) in [7, 11) is 0. The Balaban J connectivity index is 2.35. The summed E-state index contributed by atoms with van der Waals surface area (Å²) < 4.78 is 16.2. The van der Waals surface area contributed by atoms with Crippen molar-refractivity contribution in [2.45, 2.75) is 72.4 Å². The first-order valence-corrected chi connectivity index (χ1v) is 9.82. The maximum Gasteiger partial charge on any atom is 0.408 e. The minimum absolute atomic E-state index is 0.307. The zero-order valence-electron chi connectivity index (χ0n) is 17.9. The van der Waals surface area contributed by atoms with Crippen LogP contribution in [0.15, 0.2) is 27.4 Å². The van der Waals surface area contributed by atoms with Crippen LogP contribution >= 0.6 is 0 Å². The molecule has 0 bridgehead atoms. The van der Waals surface area contributed by atoms with Crippen molar-refractivity contribution in [2.24, 2.45) is 0 Å². The molecule has 0 aliphatic carbocycles. The Bertz CT molecular complexity index is 954. The van der Waals surface area contributed by atoms with E-state index in [0.29, 0.717) is 29.6 Å². The molecular weight excluding hydrogens is 374 g/mol. The second-order valence-corrected chi connectivity index (χ2v) is 8.01. The fourth-order valence-corrected chi connectivity index (χ4v) is 2.97. The molecule has 7 heteroatoms. The second-order valence-electron chi connectivity index (χ2n) is 8.01. The Morgan fingerprint density at radius 1 is 1.17 bits per heavy atom. The van der Waals surface area contributed by atoms with E-state index in [0.717, 1.165) is 17.5 Å². The number of ether oxygens (including phenoxy) is 2. The molecule has 2 aromatic rings. The van der Waals surface area contributed by atoms with E-state index in [4.69, 9.17) is 13.9 Å². The van der Waals surface area contributed by atoms with Gasteiger partial charge < -0.3 is 19.2 Å². The maximum atomic E-state index is 12.8. The maximum absolute atomic E-state index is 12.8. The lowest BCUT2D eigenvalue weighted by atomic mass is 10.0. The number of alkyl carbamates (subject to hydrolysis) is 1. The van der Waals surface area contributed by atoms with Crippen molar-refractivity contribution < 1.29 is 23.5 Å². The highest BCUT2D eigenvalue weighted by atomic mass is 16.6. The van der Waals surface area contributed by atoms with Gasteiger partial charge in [0, 0.05) is 6.07 Å². The lowest BCUT2D eigenvalue weighted by Gasteiger charge is -2.22. The first-order chi connectivity index (χ1) is 13.5. The van der Waals surface area contributed by atoms with E-state index in [2.05, 4.69) is 5.32 Å². The topological polar surface area (TPSA) is 94.8 Å². The summed E-state index contributed by atoms with van der Waals surface area (Å²) in [5.41, 5.74) is 0.796. The summed E-state index contributed by atoms with van der Waals surface area (Å²) in [6.45, 7) is 10.8. The minimum Gasteiger partial charge on any atom is -0.444 e. The number of nitrogens with one attached hydrogen (secondary N) is 1. The minimum atomic E-state index is -0.870. The zero-order valence-corrected chi connectivity index (χ0v) is 17.9. The molecule has 0 spiro atoms. The van der Waals surface area contributed by atoms with Crippen LogP contribution in [0.1, 0.15) is 58.6 Å². The summed E-state index contributed by atoms with van der Waals surface area (Å²) in [5.74, 6) is -0.305. The number of esters is 1. The van der Waals surface area contributed by atoms with Gasteiger partial charge >= 0.3 is 17.7 Å². The number of carbonyl (C=O) groups excluding carboxylic acids is 2. The van der Waals surface area contributed by atoms with Crippen LogP contribution in [0.25, 0.3) is 11.0 Å². The number of benzene rings is 1. The molecule has 1 aromatic heterocycles. The Hall–Kier alpha value is -2.83. The van der Waals surface area contributed by atoms with E-state index < -0.39 is 29.3 Å². The van der Waals surface area contributed by atoms with E-state index in [1.807, 2.05) is 13.8 Å². The van der Waals surface area contributed by atoms with Crippen LogP contribution in [0, 0.1) is 6.92 Å². The van der Waals surface area contributed by atoms with Gasteiger partial charge in [-0.3, -0.25) is 0 Å². The first-order valence-electron chi connectivity index (χ1n) is 9.82. The number of fused-ring (bicyclic) bond motifs is 1. The van der Waals surface area contributed by atoms with Crippen molar-refractivity contribution in [1.29, 1.82) is 0 Å². The van der Waals surface area contributed by atoms with Crippen molar-refractivity contribution in [2.75, 3.05) is 0 Å². The third-order valence-corrected chi connectivity index (χ3v) is 4.15. The summed E-state index contributed by atoms with van der Waals surface area (Å²) in [6, 6.07) is 4.02. The average Bonchev–Trinajstić information content (AvgIpc) is 2.57. The molecule has 1 heterocycles. The Morgan fingerprint density at radius 2 is 1.86 bits per heavy atom. The fraction of sp³-hybridized carbons (Fsp3) is 0.500. The molecule has 1 atom stereocenters. The van der Waals surface area contributed by atoms with Crippen LogP contribution < -0.4 is 15.7 Å². The van der Waals surface area contributed by atoms with Gasteiger partial charge in [0.25, 0.3) is 0 Å². The number of aryl methyl sites for hydroxylation is 2. The predicted octanol–water partition coefficient (Wildman–Crippen LogP) is 4.26. The number of rotatable bonds is 6. The summed E-state index contributed by atoms with van der Waals surface area (Å²) in [4.78, 5) is 36.7. The van der Waals surface area contributed by atoms with E-state index in [-0.39, 0.29) is 0 Å². The van der Waals surface area contributed by atoms with Gasteiger partial charge in [-0.1, -0.05) is 20.3 Å². The van der Waals surface area contributed by atoms with E-state index >= 15 is 0 Å². The van der Waals surface area contributed by atoms with Crippen LogP contribution in [-0.4, -0.2) is 23.7 Å². The molecule has 0 aliphatic rings. The molecule has 2 rings (SSSR count). The fourth-order valence-electron chi connectivity index (χ4n) is 2.97. The zero-order chi connectivity index (χ0) is 21.8. The van der Waals surface area contributed by atoms with Gasteiger partial charge in [0.15, 0.2) is 0 Å². The highest BCUT2D eigenvalue weighted by Crippen LogP contribution is 2.31. The summed E-state index contributed by atoms with van der Waals surface area (Å²) in [6.07, 6.45) is 1.10. The van der Waals surface area contributed by atoms with Gasteiger partial charge in [-0.05, 0) is 63.8 Å². The normalized spacial score (nSPS) is 12.5. The number of hydrogen-bond acceptors (Lipinski definition) is 6. The summed E-state index contributed by atoms with van der Waals surface area (Å²) in [5, 5.41) is 3.14. The largest absolute Gasteiger partial charge is 0.444 e. The second kappa shape index (κ2) is 9.11. The van der Waals surface area contributed by atoms with Crippen LogP contribution in [0.3, 0.4) is 0 Å². The monoisotopic (exact) mass is 403 g/mol. The molecule has 29 heavy (non-hydrogen) atoms. The molecule has 0 fully saturated rings. The Morgan fingerprint density at radius 3 is 2.45 bits per heavy atom. The van der Waals surface area contributed by atoms with Gasteiger partial charge in [-0.2, -0.15) is 0 Å².